The van der Waals surface area contributed by atoms with E-state index in [1.807, 2.05) is 37.3 Å². The Labute approximate surface area is 165 Å². The molecule has 9 heteroatoms. The predicted octanol–water partition coefficient (Wildman–Crippen LogP) is 1.36. The molecule has 0 aromatic heterocycles. The Bertz CT molecular complexity index is 709. The molecule has 0 radical (unpaired) electrons. The van der Waals surface area contributed by atoms with Gasteiger partial charge >= 0.3 is 7.60 Å². The van der Waals surface area contributed by atoms with Crippen molar-refractivity contribution in [1.82, 2.24) is 10.2 Å². The van der Waals surface area contributed by atoms with Crippen molar-refractivity contribution >= 4 is 19.4 Å². The van der Waals surface area contributed by atoms with Gasteiger partial charge in [-0.1, -0.05) is 50.1 Å². The number of likely N-dealkylation sites (tertiary alicyclic amines) is 1. The molecule has 1 heterocycles. The number of carbonyl (C=O) groups is 2. The minimum atomic E-state index is -4.47. The van der Waals surface area contributed by atoms with Crippen molar-refractivity contribution in [2.45, 2.75) is 63.3 Å². The van der Waals surface area contributed by atoms with Gasteiger partial charge in [0.15, 0.2) is 0 Å². The van der Waals surface area contributed by atoms with E-state index < -0.39 is 31.4 Å². The van der Waals surface area contributed by atoms with Gasteiger partial charge in [-0.05, 0) is 31.2 Å². The summed E-state index contributed by atoms with van der Waals surface area (Å²) < 4.78 is 11.7. The molecule has 28 heavy (non-hydrogen) atoms. The van der Waals surface area contributed by atoms with Gasteiger partial charge in [0.1, 0.15) is 11.8 Å². The molecular formula is C19H30N3O5P. The monoisotopic (exact) mass is 411 g/mol. The van der Waals surface area contributed by atoms with Gasteiger partial charge in [0.05, 0.1) is 6.04 Å². The van der Waals surface area contributed by atoms with E-state index in [4.69, 9.17) is 5.73 Å². The number of unbranched alkanes of at least 4 members (excludes halogenated alkanes) is 1. The van der Waals surface area contributed by atoms with E-state index in [9.17, 15) is 23.9 Å². The molecule has 2 amide bonds. The lowest BCUT2D eigenvalue weighted by Gasteiger charge is -2.28. The maximum atomic E-state index is 12.8. The standard InChI is InChI=1S/C19H30N3O5P/c1-2-3-11-17(28(25,26)27)21-18(23)16-10-7-12-22(16)19(24)15(20)13-14-8-5-4-6-9-14/h4-6,8-9,15-17H,2-3,7,10-13,20H2,1H3,(H,21,23)(H2,25,26,27)/t15-,16+,17?/m1/s1. The van der Waals surface area contributed by atoms with Crippen molar-refractivity contribution < 1.29 is 23.9 Å². The third kappa shape index (κ3) is 6.14. The average molecular weight is 411 g/mol. The molecule has 1 aromatic carbocycles. The lowest BCUT2D eigenvalue weighted by molar-refractivity contribution is -0.139. The third-order valence-corrected chi connectivity index (χ3v) is 6.20. The normalized spacial score (nSPS) is 19.3. The third-order valence-electron chi connectivity index (χ3n) is 5.00. The second-order valence-electron chi connectivity index (χ2n) is 7.24. The fraction of sp³-hybridized carbons (Fsp3) is 0.579. The zero-order valence-electron chi connectivity index (χ0n) is 16.2. The van der Waals surface area contributed by atoms with Gasteiger partial charge in [-0.3, -0.25) is 14.2 Å². The zero-order chi connectivity index (χ0) is 20.7. The summed E-state index contributed by atoms with van der Waals surface area (Å²) in [5, 5.41) is 2.47. The molecule has 0 saturated carbocycles. The highest BCUT2D eigenvalue weighted by atomic mass is 31.2. The van der Waals surface area contributed by atoms with Gasteiger partial charge in [0.25, 0.3) is 0 Å². The molecule has 8 nitrogen and oxygen atoms in total. The van der Waals surface area contributed by atoms with Crippen LogP contribution in [0.5, 0.6) is 0 Å². The maximum absolute atomic E-state index is 12.8. The van der Waals surface area contributed by atoms with Crippen LogP contribution in [-0.4, -0.2) is 50.9 Å². The first-order valence-electron chi connectivity index (χ1n) is 9.69. The molecular weight excluding hydrogens is 381 g/mol. The number of rotatable bonds is 9. The summed E-state index contributed by atoms with van der Waals surface area (Å²) in [7, 11) is -4.47. The summed E-state index contributed by atoms with van der Waals surface area (Å²) >= 11 is 0. The number of amides is 2. The van der Waals surface area contributed by atoms with E-state index in [1.165, 1.54) is 4.90 Å². The van der Waals surface area contributed by atoms with Crippen LogP contribution in [0, 0.1) is 0 Å². The van der Waals surface area contributed by atoms with Crippen molar-refractivity contribution in [1.29, 1.82) is 0 Å². The van der Waals surface area contributed by atoms with Gasteiger partial charge in [0, 0.05) is 6.54 Å². The van der Waals surface area contributed by atoms with Crippen LogP contribution in [0.3, 0.4) is 0 Å². The van der Waals surface area contributed by atoms with Crippen LogP contribution in [0.4, 0.5) is 0 Å². The van der Waals surface area contributed by atoms with Crippen LogP contribution in [-0.2, 0) is 20.6 Å². The van der Waals surface area contributed by atoms with Gasteiger partial charge < -0.3 is 25.7 Å². The topological polar surface area (TPSA) is 133 Å². The highest BCUT2D eigenvalue weighted by Crippen LogP contribution is 2.42. The molecule has 2 rings (SSSR count). The van der Waals surface area contributed by atoms with Crippen molar-refractivity contribution in [3.05, 3.63) is 35.9 Å². The zero-order valence-corrected chi connectivity index (χ0v) is 17.1. The molecule has 0 aliphatic carbocycles. The molecule has 1 aromatic rings. The molecule has 1 aliphatic rings. The Kier molecular flexibility index (Phi) is 8.19. The van der Waals surface area contributed by atoms with Crippen molar-refractivity contribution in [2.75, 3.05) is 6.54 Å². The average Bonchev–Trinajstić information content (AvgIpc) is 3.14. The minimum Gasteiger partial charge on any atom is -0.340 e. The molecule has 5 N–H and O–H groups in total. The smallest absolute Gasteiger partial charge is 0.340 e. The molecule has 1 fully saturated rings. The highest BCUT2D eigenvalue weighted by Gasteiger charge is 2.39. The van der Waals surface area contributed by atoms with E-state index in [-0.39, 0.29) is 12.3 Å². The van der Waals surface area contributed by atoms with Crippen LogP contribution in [0.25, 0.3) is 0 Å². The van der Waals surface area contributed by atoms with Gasteiger partial charge in [-0.15, -0.1) is 0 Å². The maximum Gasteiger partial charge on any atom is 0.347 e. The summed E-state index contributed by atoms with van der Waals surface area (Å²) in [5.74, 6) is -2.07. The Balaban J connectivity index is 2.02. The number of hydrogen-bond acceptors (Lipinski definition) is 4. The fourth-order valence-electron chi connectivity index (χ4n) is 3.45. The van der Waals surface area contributed by atoms with E-state index >= 15 is 0 Å². The van der Waals surface area contributed by atoms with E-state index in [0.717, 1.165) is 12.0 Å². The van der Waals surface area contributed by atoms with Crippen LogP contribution in [0.15, 0.2) is 30.3 Å². The number of carbonyl (C=O) groups excluding carboxylic acids is 2. The first-order chi connectivity index (χ1) is 13.2. The summed E-state index contributed by atoms with van der Waals surface area (Å²) in [4.78, 5) is 45.9. The molecule has 1 unspecified atom stereocenters. The lowest BCUT2D eigenvalue weighted by atomic mass is 10.1. The van der Waals surface area contributed by atoms with Crippen molar-refractivity contribution in [3.8, 4) is 0 Å². The van der Waals surface area contributed by atoms with E-state index in [1.54, 1.807) is 0 Å². The first-order valence-corrected chi connectivity index (χ1v) is 11.4. The number of nitrogens with zero attached hydrogens (tertiary/aromatic N) is 1. The number of benzene rings is 1. The van der Waals surface area contributed by atoms with Gasteiger partial charge in [-0.25, -0.2) is 0 Å². The van der Waals surface area contributed by atoms with Crippen LogP contribution in [0.1, 0.15) is 44.6 Å². The van der Waals surface area contributed by atoms with E-state index in [2.05, 4.69) is 5.32 Å². The highest BCUT2D eigenvalue weighted by molar-refractivity contribution is 7.52. The molecule has 0 spiro atoms. The van der Waals surface area contributed by atoms with Crippen molar-refractivity contribution in [3.63, 3.8) is 0 Å². The molecule has 156 valence electrons. The Morgan fingerprint density at radius 2 is 2.00 bits per heavy atom. The molecule has 1 saturated heterocycles. The van der Waals surface area contributed by atoms with Crippen LogP contribution >= 0.6 is 7.60 Å². The SMILES string of the molecule is CCCCC(NC(=O)[C@@H]1CCCN1C(=O)[C@H](N)Cc1ccccc1)P(=O)(O)O. The Hall–Kier alpha value is -1.73. The molecule has 0 bridgehead atoms. The largest absolute Gasteiger partial charge is 0.347 e. The summed E-state index contributed by atoms with van der Waals surface area (Å²) in [6.45, 7) is 2.32. The second kappa shape index (κ2) is 10.2. The second-order valence-corrected chi connectivity index (χ2v) is 9.04. The fourth-order valence-corrected chi connectivity index (χ4v) is 4.27. The number of hydrogen-bond donors (Lipinski definition) is 4. The Morgan fingerprint density at radius 1 is 1.32 bits per heavy atom. The minimum absolute atomic E-state index is 0.195. The van der Waals surface area contributed by atoms with Crippen molar-refractivity contribution in [2.24, 2.45) is 5.73 Å². The number of nitrogens with two attached hydrogens (primary N) is 1. The quantitative estimate of drug-likeness (QED) is 0.454. The van der Waals surface area contributed by atoms with Crippen LogP contribution < -0.4 is 11.1 Å². The summed E-state index contributed by atoms with van der Waals surface area (Å²) in [6.07, 6.45) is 3.02. The van der Waals surface area contributed by atoms with Crippen LogP contribution in [0.2, 0.25) is 0 Å². The summed E-state index contributed by atoms with van der Waals surface area (Å²) in [5.41, 5.74) is 7.02. The van der Waals surface area contributed by atoms with Gasteiger partial charge in [0.2, 0.25) is 11.8 Å². The molecule has 3 atom stereocenters. The van der Waals surface area contributed by atoms with E-state index in [0.29, 0.717) is 32.2 Å². The number of nitrogens with one attached hydrogen (secondary N) is 1. The molecule has 1 aliphatic heterocycles. The van der Waals surface area contributed by atoms with Gasteiger partial charge in [-0.2, -0.15) is 0 Å². The Morgan fingerprint density at radius 3 is 2.61 bits per heavy atom. The first kappa shape index (κ1) is 22.6. The summed E-state index contributed by atoms with van der Waals surface area (Å²) in [6, 6.07) is 7.89. The lowest BCUT2D eigenvalue weighted by Crippen LogP contribution is -2.53. The predicted molar refractivity (Wildman–Crippen MR) is 106 cm³/mol.